The molecule has 0 aromatic rings. The van der Waals surface area contributed by atoms with Gasteiger partial charge in [0.2, 0.25) is 0 Å². The molecule has 0 radical (unpaired) electrons. The summed E-state index contributed by atoms with van der Waals surface area (Å²) in [6, 6.07) is 0. The molecule has 0 rings (SSSR count). The molecule has 0 amide bonds. The van der Waals surface area contributed by atoms with Gasteiger partial charge < -0.3 is 10.5 Å². The topological polar surface area (TPSA) is 35.2 Å². The van der Waals surface area contributed by atoms with Crippen LogP contribution >= 0.6 is 0 Å². The van der Waals surface area contributed by atoms with Crippen LogP contribution in [0.3, 0.4) is 0 Å². The van der Waals surface area contributed by atoms with Gasteiger partial charge in [-0.3, -0.25) is 0 Å². The lowest BCUT2D eigenvalue weighted by atomic mass is 9.95. The van der Waals surface area contributed by atoms with Crippen molar-refractivity contribution in [2.45, 2.75) is 38.7 Å². The largest absolute Gasteiger partial charge is 0.377 e. The van der Waals surface area contributed by atoms with Crippen molar-refractivity contribution in [1.29, 1.82) is 0 Å². The maximum absolute atomic E-state index is 5.59. The maximum atomic E-state index is 5.59. The van der Waals surface area contributed by atoms with E-state index in [1.54, 1.807) is 7.11 Å². The minimum atomic E-state index is -0.0469. The van der Waals surface area contributed by atoms with Crippen molar-refractivity contribution in [2.24, 2.45) is 5.73 Å². The third kappa shape index (κ3) is 2.27. The number of ether oxygens (including phenoxy) is 1. The van der Waals surface area contributed by atoms with Gasteiger partial charge in [-0.05, 0) is 12.8 Å². The Morgan fingerprint density at radius 2 is 2.00 bits per heavy atom. The first kappa shape index (κ1) is 9.92. The normalized spacial score (nSPS) is 16.8. The highest BCUT2D eigenvalue weighted by molar-refractivity contribution is 4.78. The van der Waals surface area contributed by atoms with Crippen LogP contribution in [-0.4, -0.2) is 19.3 Å². The zero-order chi connectivity index (χ0) is 8.04. The molecule has 10 heavy (non-hydrogen) atoms. The molecule has 0 heterocycles. The second-order valence-electron chi connectivity index (χ2n) is 2.69. The number of nitrogens with two attached hydrogens (primary N) is 1. The Labute approximate surface area is 63.7 Å². The van der Waals surface area contributed by atoms with Crippen LogP contribution in [0.2, 0.25) is 0 Å². The number of methoxy groups -OCH3 is 1. The van der Waals surface area contributed by atoms with Gasteiger partial charge in [0.25, 0.3) is 0 Å². The summed E-state index contributed by atoms with van der Waals surface area (Å²) in [6.07, 6.45) is 3.21. The van der Waals surface area contributed by atoms with Gasteiger partial charge in [0.05, 0.1) is 5.60 Å². The first-order valence-electron chi connectivity index (χ1n) is 4.00. The summed E-state index contributed by atoms with van der Waals surface area (Å²) < 4.78 is 5.35. The van der Waals surface area contributed by atoms with Crippen LogP contribution in [0.4, 0.5) is 0 Å². The summed E-state index contributed by atoms with van der Waals surface area (Å²) in [7, 11) is 1.74. The molecule has 0 aliphatic rings. The molecule has 0 aromatic heterocycles. The number of rotatable bonds is 5. The molecule has 0 spiro atoms. The van der Waals surface area contributed by atoms with E-state index < -0.39 is 0 Å². The molecule has 0 saturated heterocycles. The van der Waals surface area contributed by atoms with Crippen LogP contribution in [0, 0.1) is 0 Å². The third-order valence-electron chi connectivity index (χ3n) is 2.15. The third-order valence-corrected chi connectivity index (χ3v) is 2.15. The average molecular weight is 145 g/mol. The van der Waals surface area contributed by atoms with Crippen molar-refractivity contribution >= 4 is 0 Å². The van der Waals surface area contributed by atoms with Crippen LogP contribution in [0.5, 0.6) is 0 Å². The van der Waals surface area contributed by atoms with E-state index in [9.17, 15) is 0 Å². The molecule has 0 bridgehead atoms. The van der Waals surface area contributed by atoms with Gasteiger partial charge in [0, 0.05) is 13.7 Å². The Morgan fingerprint density at radius 3 is 2.10 bits per heavy atom. The summed E-state index contributed by atoms with van der Waals surface area (Å²) in [5.74, 6) is 0. The minimum Gasteiger partial charge on any atom is -0.377 e. The monoisotopic (exact) mass is 145 g/mol. The van der Waals surface area contributed by atoms with Gasteiger partial charge in [-0.15, -0.1) is 0 Å². The summed E-state index contributed by atoms with van der Waals surface area (Å²) in [5.41, 5.74) is 5.54. The molecule has 0 unspecified atom stereocenters. The summed E-state index contributed by atoms with van der Waals surface area (Å²) >= 11 is 0. The van der Waals surface area contributed by atoms with Crippen LogP contribution in [0.25, 0.3) is 0 Å². The van der Waals surface area contributed by atoms with E-state index in [1.807, 2.05) is 0 Å². The zero-order valence-electron chi connectivity index (χ0n) is 7.31. The first-order valence-corrected chi connectivity index (χ1v) is 4.00. The fourth-order valence-corrected chi connectivity index (χ4v) is 1.21. The van der Waals surface area contributed by atoms with Crippen molar-refractivity contribution in [3.8, 4) is 0 Å². The lowest BCUT2D eigenvalue weighted by Gasteiger charge is -2.29. The van der Waals surface area contributed by atoms with Crippen molar-refractivity contribution < 1.29 is 4.74 Å². The molecular formula is C8H19NO. The Balaban J connectivity index is 3.87. The van der Waals surface area contributed by atoms with E-state index >= 15 is 0 Å². The molecule has 2 heteroatoms. The molecule has 2 nitrogen and oxygen atoms in total. The van der Waals surface area contributed by atoms with Crippen molar-refractivity contribution in [2.75, 3.05) is 13.7 Å². The summed E-state index contributed by atoms with van der Waals surface area (Å²) in [6.45, 7) is 4.90. The molecule has 62 valence electrons. The van der Waals surface area contributed by atoms with Crippen LogP contribution in [-0.2, 0) is 4.74 Å². The first-order chi connectivity index (χ1) is 4.74. The highest BCUT2D eigenvalue weighted by Crippen LogP contribution is 2.19. The van der Waals surface area contributed by atoms with E-state index in [4.69, 9.17) is 10.5 Å². The van der Waals surface area contributed by atoms with Crippen LogP contribution < -0.4 is 5.73 Å². The van der Waals surface area contributed by atoms with E-state index in [0.717, 1.165) is 19.3 Å². The zero-order valence-corrected chi connectivity index (χ0v) is 7.31. The van der Waals surface area contributed by atoms with Crippen molar-refractivity contribution in [1.82, 2.24) is 0 Å². The van der Waals surface area contributed by atoms with Gasteiger partial charge in [0.15, 0.2) is 0 Å². The molecule has 0 saturated carbocycles. The molecule has 1 atom stereocenters. The van der Waals surface area contributed by atoms with Gasteiger partial charge in [0.1, 0.15) is 0 Å². The summed E-state index contributed by atoms with van der Waals surface area (Å²) in [5, 5.41) is 0. The quantitative estimate of drug-likeness (QED) is 0.637. The fourth-order valence-electron chi connectivity index (χ4n) is 1.21. The Kier molecular flexibility index (Phi) is 4.65. The smallest absolute Gasteiger partial charge is 0.0797 e. The second-order valence-corrected chi connectivity index (χ2v) is 2.69. The second kappa shape index (κ2) is 4.69. The highest BCUT2D eigenvalue weighted by Gasteiger charge is 2.23. The minimum absolute atomic E-state index is 0.0469. The Bertz CT molecular complexity index is 71.1. The fraction of sp³-hybridized carbons (Fsp3) is 1.00. The van der Waals surface area contributed by atoms with Gasteiger partial charge in [-0.25, -0.2) is 0 Å². The molecular weight excluding hydrogens is 126 g/mol. The highest BCUT2D eigenvalue weighted by atomic mass is 16.5. The molecule has 0 fully saturated rings. The Hall–Kier alpha value is -0.0800. The van der Waals surface area contributed by atoms with E-state index in [0.29, 0.717) is 6.54 Å². The molecule has 2 N–H and O–H groups in total. The molecule has 0 aliphatic heterocycles. The van der Waals surface area contributed by atoms with Crippen molar-refractivity contribution in [3.63, 3.8) is 0 Å². The van der Waals surface area contributed by atoms with Gasteiger partial charge in [-0.2, -0.15) is 0 Å². The molecule has 0 aromatic carbocycles. The molecule has 0 aliphatic carbocycles. The number of hydrogen-bond donors (Lipinski definition) is 1. The van der Waals surface area contributed by atoms with Gasteiger partial charge >= 0.3 is 0 Å². The standard InChI is InChI=1S/C8H19NO/c1-4-6-8(5-2,7-9)10-3/h4-7,9H2,1-3H3/t8-/m1/s1. The van der Waals surface area contributed by atoms with E-state index in [1.165, 1.54) is 0 Å². The lowest BCUT2D eigenvalue weighted by molar-refractivity contribution is -0.0132. The predicted octanol–water partition coefficient (Wildman–Crippen LogP) is 1.54. The SMILES string of the molecule is CCC[C@](CC)(CN)OC. The van der Waals surface area contributed by atoms with Crippen LogP contribution in [0.15, 0.2) is 0 Å². The summed E-state index contributed by atoms with van der Waals surface area (Å²) in [4.78, 5) is 0. The number of hydrogen-bond acceptors (Lipinski definition) is 2. The van der Waals surface area contributed by atoms with E-state index in [-0.39, 0.29) is 5.60 Å². The lowest BCUT2D eigenvalue weighted by Crippen LogP contribution is -2.38. The van der Waals surface area contributed by atoms with E-state index in [2.05, 4.69) is 13.8 Å². The average Bonchev–Trinajstić information content (AvgIpc) is 2.01. The Morgan fingerprint density at radius 1 is 1.40 bits per heavy atom. The maximum Gasteiger partial charge on any atom is 0.0797 e. The van der Waals surface area contributed by atoms with Crippen LogP contribution in [0.1, 0.15) is 33.1 Å². The van der Waals surface area contributed by atoms with Gasteiger partial charge in [-0.1, -0.05) is 20.3 Å². The predicted molar refractivity (Wildman–Crippen MR) is 44.0 cm³/mol. The van der Waals surface area contributed by atoms with Crippen molar-refractivity contribution in [3.05, 3.63) is 0 Å².